The van der Waals surface area contributed by atoms with E-state index in [0.29, 0.717) is 12.0 Å². The highest BCUT2D eigenvalue weighted by Crippen LogP contribution is 2.42. The molecule has 0 aliphatic carbocycles. The number of unbranched alkanes of at least 4 members (excludes halogenated alkanes) is 3. The number of rotatable bonds is 12. The summed E-state index contributed by atoms with van der Waals surface area (Å²) < 4.78 is 16.7. The molecular weight excluding hydrogens is 315 g/mol. The molecule has 0 radical (unpaired) electrons. The third-order valence-corrected chi connectivity index (χ3v) is 4.67. The molecule has 0 spiro atoms. The minimum atomic E-state index is -3.82. The number of aldehydes is 1. The third kappa shape index (κ3) is 8.86. The third-order valence-electron chi connectivity index (χ3n) is 3.47. The van der Waals surface area contributed by atoms with Crippen molar-refractivity contribution in [3.8, 4) is 0 Å². The molecule has 0 bridgehead atoms. The summed E-state index contributed by atoms with van der Waals surface area (Å²) in [6.07, 6.45) is 6.23. The van der Waals surface area contributed by atoms with Crippen molar-refractivity contribution in [3.63, 3.8) is 0 Å². The van der Waals surface area contributed by atoms with Gasteiger partial charge in [0.2, 0.25) is 0 Å². The van der Waals surface area contributed by atoms with Gasteiger partial charge in [-0.2, -0.15) is 4.62 Å². The number of carbonyl (C=O) groups is 1. The molecule has 1 aromatic carbocycles. The molecule has 0 fully saturated rings. The van der Waals surface area contributed by atoms with E-state index >= 15 is 0 Å². The maximum atomic E-state index is 11.8. The Morgan fingerprint density at radius 1 is 1.39 bits per heavy atom. The molecule has 0 aliphatic heterocycles. The number of nitrogens with one attached hydrogen (secondary N) is 1. The van der Waals surface area contributed by atoms with Gasteiger partial charge in [-0.15, -0.1) is 0 Å². The highest BCUT2D eigenvalue weighted by molar-refractivity contribution is 7.52. The second-order valence-corrected chi connectivity index (χ2v) is 7.56. The summed E-state index contributed by atoms with van der Waals surface area (Å²) in [6, 6.07) is 6.84. The van der Waals surface area contributed by atoms with E-state index in [4.69, 9.17) is 10.4 Å². The molecular formula is C16H27N2O4P. The van der Waals surface area contributed by atoms with Gasteiger partial charge in [0.25, 0.3) is 0 Å². The highest BCUT2D eigenvalue weighted by Gasteiger charge is 2.21. The average Bonchev–Trinajstić information content (AvgIpc) is 2.55. The maximum Gasteiger partial charge on any atom is 0.349 e. The van der Waals surface area contributed by atoms with Crippen molar-refractivity contribution in [2.75, 3.05) is 11.6 Å². The minimum absolute atomic E-state index is 0.108. The van der Waals surface area contributed by atoms with Crippen molar-refractivity contribution < 1.29 is 18.9 Å². The zero-order valence-corrected chi connectivity index (χ0v) is 14.5. The van der Waals surface area contributed by atoms with Crippen LogP contribution < -0.4 is 11.2 Å². The fraction of sp³-hybridized carbons (Fsp3) is 0.562. The zero-order valence-electron chi connectivity index (χ0n) is 13.6. The normalized spacial score (nSPS) is 14.9. The van der Waals surface area contributed by atoms with Gasteiger partial charge < -0.3 is 15.4 Å². The predicted octanol–water partition coefficient (Wildman–Crippen LogP) is 3.25. The molecule has 23 heavy (non-hydrogen) atoms. The van der Waals surface area contributed by atoms with Crippen LogP contribution in [-0.2, 0) is 20.4 Å². The van der Waals surface area contributed by atoms with Gasteiger partial charge >= 0.3 is 7.60 Å². The topological polar surface area (TPSA) is 102 Å². The average molecular weight is 342 g/mol. The first-order valence-electron chi connectivity index (χ1n) is 8.03. The summed E-state index contributed by atoms with van der Waals surface area (Å²) in [6.45, 7) is 2.18. The SMILES string of the molecule is CCCCCCc1cccc(NOP(=O)(O)CC[C@@H](N)C=O)c1. The van der Waals surface area contributed by atoms with Crippen LogP contribution in [0.3, 0.4) is 0 Å². The lowest BCUT2D eigenvalue weighted by atomic mass is 10.1. The van der Waals surface area contributed by atoms with Gasteiger partial charge in [-0.05, 0) is 37.0 Å². The van der Waals surface area contributed by atoms with Gasteiger partial charge in [-0.1, -0.05) is 38.3 Å². The first-order chi connectivity index (χ1) is 11.0. The van der Waals surface area contributed by atoms with Crippen molar-refractivity contribution in [3.05, 3.63) is 29.8 Å². The molecule has 0 saturated carbocycles. The predicted molar refractivity (Wildman–Crippen MR) is 92.3 cm³/mol. The van der Waals surface area contributed by atoms with Crippen LogP contribution >= 0.6 is 7.60 Å². The quantitative estimate of drug-likeness (QED) is 0.233. The molecule has 1 aromatic rings. The van der Waals surface area contributed by atoms with Crippen LogP contribution in [-0.4, -0.2) is 23.4 Å². The lowest BCUT2D eigenvalue weighted by molar-refractivity contribution is -0.108. The molecule has 0 aromatic heterocycles. The van der Waals surface area contributed by atoms with Gasteiger partial charge in [0, 0.05) is 0 Å². The van der Waals surface area contributed by atoms with Crippen LogP contribution in [0.4, 0.5) is 5.69 Å². The van der Waals surface area contributed by atoms with Crippen molar-refractivity contribution in [1.82, 2.24) is 0 Å². The van der Waals surface area contributed by atoms with Crippen LogP contribution in [0.2, 0.25) is 0 Å². The van der Waals surface area contributed by atoms with Gasteiger partial charge in [0.1, 0.15) is 6.29 Å². The van der Waals surface area contributed by atoms with E-state index in [0.717, 1.165) is 18.4 Å². The standard InChI is InChI=1S/C16H27N2O4P/c1-2-3-4-5-7-14-8-6-9-16(12-14)18-22-23(20,21)11-10-15(17)13-19/h6,8-9,12-13,15,18H,2-5,7,10-11,17H2,1H3,(H,20,21)/t15-/m1/s1. The Balaban J connectivity index is 2.44. The summed E-state index contributed by atoms with van der Waals surface area (Å²) in [7, 11) is -3.82. The molecule has 6 nitrogen and oxygen atoms in total. The number of nitrogens with two attached hydrogens (primary N) is 1. The molecule has 2 atom stereocenters. The lowest BCUT2D eigenvalue weighted by Crippen LogP contribution is -2.22. The molecule has 7 heteroatoms. The van der Waals surface area contributed by atoms with Gasteiger partial charge in [-0.25, -0.2) is 0 Å². The fourth-order valence-corrected chi connectivity index (χ4v) is 3.06. The molecule has 4 N–H and O–H groups in total. The summed E-state index contributed by atoms with van der Waals surface area (Å²) in [4.78, 5) is 20.1. The second-order valence-electron chi connectivity index (χ2n) is 5.65. The number of carbonyl (C=O) groups excluding carboxylic acids is 1. The molecule has 0 aliphatic rings. The van der Waals surface area contributed by atoms with Crippen LogP contribution in [0.25, 0.3) is 0 Å². The Hall–Kier alpha value is -1.20. The number of hydrogen-bond acceptors (Lipinski definition) is 5. The van der Waals surface area contributed by atoms with Crippen molar-refractivity contribution in [2.24, 2.45) is 5.73 Å². The monoisotopic (exact) mass is 342 g/mol. The molecule has 0 heterocycles. The van der Waals surface area contributed by atoms with Crippen LogP contribution in [0, 0.1) is 0 Å². The summed E-state index contributed by atoms with van der Waals surface area (Å²) in [5.74, 6) is 0. The Kier molecular flexibility index (Phi) is 9.10. The van der Waals surface area contributed by atoms with Gasteiger partial charge in [0.05, 0.1) is 17.9 Å². The summed E-state index contributed by atoms with van der Waals surface area (Å²) in [5, 5.41) is 0. The van der Waals surface area contributed by atoms with Crippen molar-refractivity contribution in [1.29, 1.82) is 0 Å². The summed E-state index contributed by atoms with van der Waals surface area (Å²) in [5.41, 5.74) is 9.71. The Labute approximate surface area is 137 Å². The Bertz CT molecular complexity index is 525. The largest absolute Gasteiger partial charge is 0.349 e. The van der Waals surface area contributed by atoms with E-state index in [1.165, 1.54) is 19.3 Å². The smallest absolute Gasteiger partial charge is 0.323 e. The maximum absolute atomic E-state index is 11.8. The Morgan fingerprint density at radius 3 is 2.87 bits per heavy atom. The first kappa shape index (κ1) is 19.8. The van der Waals surface area contributed by atoms with E-state index in [-0.39, 0.29) is 12.6 Å². The molecule has 1 rings (SSSR count). The fourth-order valence-electron chi connectivity index (χ4n) is 2.10. The van der Waals surface area contributed by atoms with E-state index in [1.54, 1.807) is 6.07 Å². The number of benzene rings is 1. The lowest BCUT2D eigenvalue weighted by Gasteiger charge is -2.14. The van der Waals surface area contributed by atoms with E-state index in [1.807, 2.05) is 18.2 Å². The van der Waals surface area contributed by atoms with E-state index < -0.39 is 13.6 Å². The second kappa shape index (κ2) is 10.6. The van der Waals surface area contributed by atoms with Crippen molar-refractivity contribution >= 4 is 19.6 Å². The van der Waals surface area contributed by atoms with E-state index in [9.17, 15) is 14.3 Å². The summed E-state index contributed by atoms with van der Waals surface area (Å²) >= 11 is 0. The van der Waals surface area contributed by atoms with Crippen LogP contribution in [0.1, 0.15) is 44.6 Å². The number of hydrogen-bond donors (Lipinski definition) is 3. The highest BCUT2D eigenvalue weighted by atomic mass is 31.2. The van der Waals surface area contributed by atoms with Crippen LogP contribution in [0.5, 0.6) is 0 Å². The molecule has 130 valence electrons. The molecule has 0 amide bonds. The molecule has 0 saturated heterocycles. The molecule has 1 unspecified atom stereocenters. The number of aryl methyl sites for hydroxylation is 1. The van der Waals surface area contributed by atoms with Gasteiger partial charge in [-0.3, -0.25) is 10.0 Å². The van der Waals surface area contributed by atoms with Crippen LogP contribution in [0.15, 0.2) is 24.3 Å². The Morgan fingerprint density at radius 2 is 2.17 bits per heavy atom. The number of anilines is 1. The van der Waals surface area contributed by atoms with E-state index in [2.05, 4.69) is 12.4 Å². The minimum Gasteiger partial charge on any atom is -0.323 e. The zero-order chi connectivity index (χ0) is 17.1. The first-order valence-corrected chi connectivity index (χ1v) is 9.79. The van der Waals surface area contributed by atoms with Crippen molar-refractivity contribution in [2.45, 2.75) is 51.5 Å². The van der Waals surface area contributed by atoms with Gasteiger partial charge in [0.15, 0.2) is 0 Å².